The van der Waals surface area contributed by atoms with Gasteiger partial charge in [0.15, 0.2) is 5.78 Å². The van der Waals surface area contributed by atoms with E-state index in [0.29, 0.717) is 29.7 Å². The lowest BCUT2D eigenvalue weighted by Crippen LogP contribution is -2.22. The lowest BCUT2D eigenvalue weighted by Gasteiger charge is -2.23. The van der Waals surface area contributed by atoms with Crippen LogP contribution in [0.2, 0.25) is 0 Å². The third-order valence-electron chi connectivity index (χ3n) is 5.89. The van der Waals surface area contributed by atoms with Gasteiger partial charge in [-0.05, 0) is 46.9 Å². The van der Waals surface area contributed by atoms with Crippen molar-refractivity contribution in [2.75, 3.05) is 12.4 Å². The number of nitrogens with one attached hydrogen (secondary N) is 1. The Morgan fingerprint density at radius 3 is 2.59 bits per heavy atom. The van der Waals surface area contributed by atoms with Gasteiger partial charge in [-0.25, -0.2) is 9.97 Å². The molecule has 5 rings (SSSR count). The molecule has 32 heavy (non-hydrogen) atoms. The predicted molar refractivity (Wildman–Crippen MR) is 122 cm³/mol. The minimum absolute atomic E-state index is 0.0130. The molecular formula is C26H21N3O3. The van der Waals surface area contributed by atoms with Crippen LogP contribution >= 0.6 is 0 Å². The molecule has 0 saturated heterocycles. The van der Waals surface area contributed by atoms with Gasteiger partial charge in [0.05, 0.1) is 18.4 Å². The average Bonchev–Trinajstić information content (AvgIpc) is 2.83. The van der Waals surface area contributed by atoms with Gasteiger partial charge in [-0.3, -0.25) is 14.9 Å². The van der Waals surface area contributed by atoms with Crippen LogP contribution in [-0.4, -0.2) is 28.8 Å². The van der Waals surface area contributed by atoms with Gasteiger partial charge in [0.1, 0.15) is 5.75 Å². The molecule has 0 bridgehead atoms. The highest BCUT2D eigenvalue weighted by Crippen LogP contribution is 2.33. The first-order chi connectivity index (χ1) is 15.6. The number of amides is 1. The third-order valence-corrected chi connectivity index (χ3v) is 5.89. The van der Waals surface area contributed by atoms with Gasteiger partial charge < -0.3 is 4.74 Å². The molecule has 0 spiro atoms. The number of methoxy groups -OCH3 is 1. The Balaban J connectivity index is 1.40. The monoisotopic (exact) mass is 423 g/mol. The lowest BCUT2D eigenvalue weighted by atomic mass is 9.82. The van der Waals surface area contributed by atoms with Gasteiger partial charge in [-0.2, -0.15) is 0 Å². The summed E-state index contributed by atoms with van der Waals surface area (Å²) in [5.74, 6) is 0.730. The highest BCUT2D eigenvalue weighted by molar-refractivity contribution is 6.12. The largest absolute Gasteiger partial charge is 0.497 e. The Morgan fingerprint density at radius 2 is 1.78 bits per heavy atom. The molecule has 1 aliphatic carbocycles. The molecule has 0 saturated carbocycles. The molecule has 158 valence electrons. The van der Waals surface area contributed by atoms with Crippen molar-refractivity contribution in [2.45, 2.75) is 18.8 Å². The molecule has 1 amide bonds. The molecule has 6 nitrogen and oxygen atoms in total. The number of Topliss-reactive ketones (excluding diaryl/α,β-unsaturated/α-hetero) is 1. The molecule has 1 aromatic heterocycles. The number of carbonyl (C=O) groups excluding carboxylic acids is 2. The summed E-state index contributed by atoms with van der Waals surface area (Å²) in [6, 6.07) is 21.1. The molecule has 1 N–H and O–H groups in total. The van der Waals surface area contributed by atoms with Gasteiger partial charge >= 0.3 is 0 Å². The summed E-state index contributed by atoms with van der Waals surface area (Å²) in [5, 5.41) is 4.64. The predicted octanol–water partition coefficient (Wildman–Crippen LogP) is 4.80. The summed E-state index contributed by atoms with van der Waals surface area (Å²) in [6.45, 7) is 0. The van der Waals surface area contributed by atoms with Gasteiger partial charge in [-0.15, -0.1) is 0 Å². The van der Waals surface area contributed by atoms with E-state index in [1.807, 2.05) is 60.7 Å². The fraction of sp³-hybridized carbons (Fsp3) is 0.154. The average molecular weight is 423 g/mol. The SMILES string of the molecule is COc1ccc([C@H]2CC(=O)c3cnc(NC(=O)c4cccc5ccccc45)nc3C2)cc1. The van der Waals surface area contributed by atoms with E-state index >= 15 is 0 Å². The van der Waals surface area contributed by atoms with Crippen LogP contribution in [-0.2, 0) is 6.42 Å². The van der Waals surface area contributed by atoms with E-state index in [0.717, 1.165) is 22.1 Å². The first kappa shape index (κ1) is 19.9. The fourth-order valence-electron chi connectivity index (χ4n) is 4.21. The van der Waals surface area contributed by atoms with Crippen molar-refractivity contribution in [2.24, 2.45) is 0 Å². The summed E-state index contributed by atoms with van der Waals surface area (Å²) in [7, 11) is 1.63. The first-order valence-electron chi connectivity index (χ1n) is 10.4. The number of ether oxygens (including phenoxy) is 1. The molecule has 1 heterocycles. The molecule has 1 atom stereocenters. The van der Waals surface area contributed by atoms with Crippen LogP contribution in [0.15, 0.2) is 72.9 Å². The van der Waals surface area contributed by atoms with Crippen molar-refractivity contribution in [3.05, 3.63) is 95.3 Å². The molecule has 0 aliphatic heterocycles. The Labute approximate surface area is 185 Å². The Kier molecular flexibility index (Phi) is 5.11. The van der Waals surface area contributed by atoms with Crippen LogP contribution in [0.25, 0.3) is 10.8 Å². The summed E-state index contributed by atoms with van der Waals surface area (Å²) >= 11 is 0. The van der Waals surface area contributed by atoms with Crippen molar-refractivity contribution in [3.63, 3.8) is 0 Å². The van der Waals surface area contributed by atoms with Gasteiger partial charge in [0.2, 0.25) is 5.95 Å². The van der Waals surface area contributed by atoms with E-state index < -0.39 is 0 Å². The molecule has 0 unspecified atom stereocenters. The van der Waals surface area contributed by atoms with Crippen molar-refractivity contribution >= 4 is 28.4 Å². The Morgan fingerprint density at radius 1 is 1.00 bits per heavy atom. The number of benzene rings is 3. The molecule has 0 radical (unpaired) electrons. The van der Waals surface area contributed by atoms with Crippen LogP contribution in [0, 0.1) is 0 Å². The second-order valence-electron chi connectivity index (χ2n) is 7.84. The molecule has 1 aliphatic rings. The topological polar surface area (TPSA) is 81.2 Å². The highest BCUT2D eigenvalue weighted by Gasteiger charge is 2.28. The van der Waals surface area contributed by atoms with Gasteiger partial charge in [-0.1, -0.05) is 48.5 Å². The maximum absolute atomic E-state index is 12.9. The number of rotatable bonds is 4. The highest BCUT2D eigenvalue weighted by atomic mass is 16.5. The first-order valence-corrected chi connectivity index (χ1v) is 10.4. The van der Waals surface area contributed by atoms with Crippen molar-refractivity contribution < 1.29 is 14.3 Å². The van der Waals surface area contributed by atoms with E-state index in [1.165, 1.54) is 6.20 Å². The summed E-state index contributed by atoms with van der Waals surface area (Å²) < 4.78 is 5.22. The van der Waals surface area contributed by atoms with Crippen LogP contribution in [0.4, 0.5) is 5.95 Å². The maximum Gasteiger partial charge on any atom is 0.258 e. The number of hydrogen-bond donors (Lipinski definition) is 1. The normalized spacial score (nSPS) is 15.3. The van der Waals surface area contributed by atoms with Crippen LogP contribution in [0.3, 0.4) is 0 Å². The number of carbonyl (C=O) groups is 2. The molecular weight excluding hydrogens is 402 g/mol. The van der Waals surface area contributed by atoms with Crippen LogP contribution < -0.4 is 10.1 Å². The third kappa shape index (κ3) is 3.71. The lowest BCUT2D eigenvalue weighted by molar-refractivity contribution is 0.0962. The number of ketones is 1. The van der Waals surface area contributed by atoms with Crippen molar-refractivity contribution in [1.29, 1.82) is 0 Å². The molecule has 0 fully saturated rings. The molecule has 6 heteroatoms. The molecule has 3 aromatic carbocycles. The van der Waals surface area contributed by atoms with E-state index in [-0.39, 0.29) is 23.6 Å². The van der Waals surface area contributed by atoms with Gasteiger partial charge in [0, 0.05) is 18.2 Å². The van der Waals surface area contributed by atoms with Crippen molar-refractivity contribution in [3.8, 4) is 5.75 Å². The number of fused-ring (bicyclic) bond motifs is 2. The zero-order valence-electron chi connectivity index (χ0n) is 17.5. The fourth-order valence-corrected chi connectivity index (χ4v) is 4.21. The number of nitrogens with zero attached hydrogens (tertiary/aromatic N) is 2. The second-order valence-corrected chi connectivity index (χ2v) is 7.84. The second kappa shape index (κ2) is 8.23. The van der Waals surface area contributed by atoms with E-state index in [4.69, 9.17) is 4.74 Å². The quantitative estimate of drug-likeness (QED) is 0.510. The van der Waals surface area contributed by atoms with E-state index in [9.17, 15) is 9.59 Å². The minimum atomic E-state index is -0.282. The van der Waals surface area contributed by atoms with Crippen molar-refractivity contribution in [1.82, 2.24) is 9.97 Å². The van der Waals surface area contributed by atoms with Gasteiger partial charge in [0.25, 0.3) is 5.91 Å². The zero-order valence-corrected chi connectivity index (χ0v) is 17.5. The maximum atomic E-state index is 12.9. The minimum Gasteiger partial charge on any atom is -0.497 e. The standard InChI is InChI=1S/C26H21N3O3/c1-32-19-11-9-16(10-12-19)18-13-23-22(24(30)14-18)15-27-26(28-23)29-25(31)21-8-4-6-17-5-2-3-7-20(17)21/h2-12,15,18H,13-14H2,1H3,(H,27,28,29,31)/t18-/m1/s1. The zero-order chi connectivity index (χ0) is 22.1. The summed E-state index contributed by atoms with van der Waals surface area (Å²) in [5.41, 5.74) is 2.80. The number of hydrogen-bond acceptors (Lipinski definition) is 5. The molecule has 4 aromatic rings. The number of aromatic nitrogens is 2. The number of anilines is 1. The smallest absolute Gasteiger partial charge is 0.258 e. The van der Waals surface area contributed by atoms with E-state index in [2.05, 4.69) is 15.3 Å². The Bertz CT molecular complexity index is 1330. The summed E-state index contributed by atoms with van der Waals surface area (Å²) in [6.07, 6.45) is 2.53. The summed E-state index contributed by atoms with van der Waals surface area (Å²) in [4.78, 5) is 34.4. The van der Waals surface area contributed by atoms with Crippen LogP contribution in [0.5, 0.6) is 5.75 Å². The Hall–Kier alpha value is -4.06. The van der Waals surface area contributed by atoms with Crippen LogP contribution in [0.1, 0.15) is 44.3 Å². The van der Waals surface area contributed by atoms with E-state index in [1.54, 1.807) is 13.2 Å².